The van der Waals surface area contributed by atoms with Gasteiger partial charge in [-0.1, -0.05) is 49.4 Å². The number of carbonyl (C=O) groups is 1. The van der Waals surface area contributed by atoms with E-state index in [0.29, 0.717) is 11.6 Å². The summed E-state index contributed by atoms with van der Waals surface area (Å²) in [5, 5.41) is 8.96. The lowest BCUT2D eigenvalue weighted by molar-refractivity contribution is -0.131. The molecule has 7 heteroatoms. The van der Waals surface area contributed by atoms with Crippen LogP contribution in [-0.2, 0) is 4.79 Å². The van der Waals surface area contributed by atoms with Crippen molar-refractivity contribution in [2.75, 3.05) is 0 Å². The first kappa shape index (κ1) is 24.1. The summed E-state index contributed by atoms with van der Waals surface area (Å²) < 4.78 is 7.09. The van der Waals surface area contributed by atoms with Gasteiger partial charge in [-0.15, -0.1) is 11.3 Å². The molecule has 182 valence electrons. The van der Waals surface area contributed by atoms with E-state index in [1.165, 1.54) is 0 Å². The van der Waals surface area contributed by atoms with Crippen molar-refractivity contribution in [3.05, 3.63) is 119 Å². The molecule has 1 N–H and O–H groups in total. The molecule has 0 amide bonds. The average Bonchev–Trinajstić information content (AvgIpc) is 3.40. The zero-order valence-electron chi connectivity index (χ0n) is 20.0. The second-order valence-electron chi connectivity index (χ2n) is 8.21. The number of benzene rings is 3. The van der Waals surface area contributed by atoms with Gasteiger partial charge in [-0.3, -0.25) is 4.98 Å². The summed E-state index contributed by atoms with van der Waals surface area (Å²) in [6.45, 7) is 2.14. The van der Waals surface area contributed by atoms with Crippen LogP contribution in [-0.4, -0.2) is 26.0 Å². The van der Waals surface area contributed by atoms with Crippen molar-refractivity contribution in [3.63, 3.8) is 0 Å². The van der Waals surface area contributed by atoms with Crippen LogP contribution < -0.4 is 4.74 Å². The third-order valence-electron chi connectivity index (χ3n) is 5.84. The summed E-state index contributed by atoms with van der Waals surface area (Å²) in [6.07, 6.45) is 8.29. The minimum Gasteiger partial charge on any atom is -0.478 e. The van der Waals surface area contributed by atoms with Crippen LogP contribution in [0.15, 0.2) is 96.9 Å². The first-order chi connectivity index (χ1) is 18.1. The minimum atomic E-state index is -0.974. The summed E-state index contributed by atoms with van der Waals surface area (Å²) >= 11 is 1.62. The molecule has 0 fully saturated rings. The largest absolute Gasteiger partial charge is 0.478 e. The van der Waals surface area contributed by atoms with Gasteiger partial charge < -0.3 is 9.84 Å². The Morgan fingerprint density at radius 3 is 2.57 bits per heavy atom. The fourth-order valence-corrected chi connectivity index (χ4v) is 4.85. The SMILES string of the molecule is CC/C(=C(/c1ccc(/C=C/C(=O)O)cc1)c1ccc2scnc2c1)c1cccc(Oc2cnccn2)c1. The quantitative estimate of drug-likeness (QED) is 0.175. The summed E-state index contributed by atoms with van der Waals surface area (Å²) in [4.78, 5) is 23.7. The van der Waals surface area contributed by atoms with Crippen LogP contribution >= 0.6 is 11.3 Å². The van der Waals surface area contributed by atoms with E-state index in [-0.39, 0.29) is 0 Å². The maximum absolute atomic E-state index is 10.9. The fourth-order valence-electron chi connectivity index (χ4n) is 4.19. The molecule has 5 rings (SSSR count). The number of fused-ring (bicyclic) bond motifs is 1. The molecule has 0 aliphatic heterocycles. The molecular formula is C30H23N3O3S. The Balaban J connectivity index is 1.63. The van der Waals surface area contributed by atoms with Gasteiger partial charge in [0, 0.05) is 18.5 Å². The molecule has 0 aliphatic carbocycles. The standard InChI is InChI=1S/C30H23N3O3S/c1-2-25(22-4-3-5-24(16-22)36-28-18-31-14-15-32-28)30(23-11-12-27-26(17-23)33-19-37-27)21-9-6-20(7-10-21)8-13-29(34)35/h3-19H,2H2,1H3,(H,34,35)/b13-8+,30-25+. The summed E-state index contributed by atoms with van der Waals surface area (Å²) in [5.41, 5.74) is 8.98. The van der Waals surface area contributed by atoms with Crippen LogP contribution in [0.25, 0.3) is 27.4 Å². The average molecular weight is 506 g/mol. The van der Waals surface area contributed by atoms with Gasteiger partial charge in [-0.2, -0.15) is 0 Å². The number of carboxylic acids is 1. The third-order valence-corrected chi connectivity index (χ3v) is 6.65. The number of aliphatic carboxylic acids is 1. The predicted octanol–water partition coefficient (Wildman–Crippen LogP) is 7.35. The summed E-state index contributed by atoms with van der Waals surface area (Å²) in [7, 11) is 0. The number of hydrogen-bond donors (Lipinski definition) is 1. The highest BCUT2D eigenvalue weighted by Crippen LogP contribution is 2.37. The van der Waals surface area contributed by atoms with Gasteiger partial charge in [-0.05, 0) is 70.2 Å². The molecule has 2 heterocycles. The molecule has 0 saturated heterocycles. The number of allylic oxidation sites excluding steroid dienone is 1. The highest BCUT2D eigenvalue weighted by Gasteiger charge is 2.15. The molecule has 0 aliphatic rings. The zero-order chi connectivity index (χ0) is 25.6. The smallest absolute Gasteiger partial charge is 0.328 e. The maximum Gasteiger partial charge on any atom is 0.328 e. The molecule has 5 aromatic rings. The first-order valence-electron chi connectivity index (χ1n) is 11.7. The lowest BCUT2D eigenvalue weighted by Crippen LogP contribution is -1.96. The Labute approximate surface area is 218 Å². The highest BCUT2D eigenvalue weighted by atomic mass is 32.1. The monoisotopic (exact) mass is 505 g/mol. The molecular weight excluding hydrogens is 482 g/mol. The second-order valence-corrected chi connectivity index (χ2v) is 9.10. The van der Waals surface area contributed by atoms with E-state index in [2.05, 4.69) is 46.1 Å². The topological polar surface area (TPSA) is 85.2 Å². The molecule has 37 heavy (non-hydrogen) atoms. The van der Waals surface area contributed by atoms with Crippen molar-refractivity contribution in [1.29, 1.82) is 0 Å². The molecule has 0 atom stereocenters. The molecule has 3 aromatic carbocycles. The van der Waals surface area contributed by atoms with Gasteiger partial charge >= 0.3 is 5.97 Å². The molecule has 0 radical (unpaired) electrons. The summed E-state index contributed by atoms with van der Waals surface area (Å²) in [5.74, 6) is 0.131. The van der Waals surface area contributed by atoms with Crippen molar-refractivity contribution in [3.8, 4) is 11.6 Å². The number of carboxylic acid groups (broad SMARTS) is 1. The van der Waals surface area contributed by atoms with Crippen molar-refractivity contribution in [2.45, 2.75) is 13.3 Å². The van der Waals surface area contributed by atoms with Crippen LogP contribution in [0, 0.1) is 0 Å². The predicted molar refractivity (Wildman–Crippen MR) is 147 cm³/mol. The third kappa shape index (κ3) is 5.63. The number of ether oxygens (including phenoxy) is 1. The molecule has 2 aromatic heterocycles. The lowest BCUT2D eigenvalue weighted by atomic mass is 9.87. The lowest BCUT2D eigenvalue weighted by Gasteiger charge is -2.17. The van der Waals surface area contributed by atoms with Crippen LogP contribution in [0.4, 0.5) is 0 Å². The zero-order valence-corrected chi connectivity index (χ0v) is 20.9. The van der Waals surface area contributed by atoms with Gasteiger partial charge in [0.25, 0.3) is 0 Å². The summed E-state index contributed by atoms with van der Waals surface area (Å²) in [6, 6.07) is 22.2. The second kappa shape index (κ2) is 11.0. The first-order valence-corrected chi connectivity index (χ1v) is 12.6. The normalized spacial score (nSPS) is 12.0. The van der Waals surface area contributed by atoms with Gasteiger partial charge in [0.2, 0.25) is 5.88 Å². The van der Waals surface area contributed by atoms with Crippen LogP contribution in [0.1, 0.15) is 35.6 Å². The van der Waals surface area contributed by atoms with Crippen molar-refractivity contribution >= 4 is 44.7 Å². The Morgan fingerprint density at radius 1 is 0.973 bits per heavy atom. The Hall–Kier alpha value is -4.62. The van der Waals surface area contributed by atoms with E-state index in [4.69, 9.17) is 9.84 Å². The Morgan fingerprint density at radius 2 is 1.81 bits per heavy atom. The van der Waals surface area contributed by atoms with E-state index in [1.54, 1.807) is 36.0 Å². The van der Waals surface area contributed by atoms with Crippen molar-refractivity contribution in [1.82, 2.24) is 15.0 Å². The minimum absolute atomic E-state index is 0.431. The van der Waals surface area contributed by atoms with Gasteiger partial charge in [0.1, 0.15) is 5.75 Å². The van der Waals surface area contributed by atoms with E-state index < -0.39 is 5.97 Å². The number of rotatable bonds is 8. The number of thiazole rings is 1. The molecule has 0 spiro atoms. The van der Waals surface area contributed by atoms with E-state index >= 15 is 0 Å². The van der Waals surface area contributed by atoms with Gasteiger partial charge in [-0.25, -0.2) is 14.8 Å². The Bertz CT molecular complexity index is 1610. The van der Waals surface area contributed by atoms with Crippen molar-refractivity contribution in [2.24, 2.45) is 0 Å². The van der Waals surface area contributed by atoms with Crippen molar-refractivity contribution < 1.29 is 14.6 Å². The van der Waals surface area contributed by atoms with Gasteiger partial charge in [0.05, 0.1) is 21.9 Å². The number of nitrogens with zero attached hydrogens (tertiary/aromatic N) is 3. The fraction of sp³-hybridized carbons (Fsp3) is 0.0667. The molecule has 0 unspecified atom stereocenters. The van der Waals surface area contributed by atoms with E-state index in [9.17, 15) is 4.79 Å². The van der Waals surface area contributed by atoms with E-state index in [0.717, 1.165) is 56.1 Å². The van der Waals surface area contributed by atoms with Crippen LogP contribution in [0.2, 0.25) is 0 Å². The Kier molecular flexibility index (Phi) is 7.14. The maximum atomic E-state index is 10.9. The molecule has 0 bridgehead atoms. The van der Waals surface area contributed by atoms with Crippen LogP contribution in [0.3, 0.4) is 0 Å². The van der Waals surface area contributed by atoms with E-state index in [1.807, 2.05) is 48.0 Å². The number of aromatic nitrogens is 3. The molecule has 6 nitrogen and oxygen atoms in total. The van der Waals surface area contributed by atoms with Crippen LogP contribution in [0.5, 0.6) is 11.6 Å². The van der Waals surface area contributed by atoms with Gasteiger partial charge in [0.15, 0.2) is 0 Å². The molecule has 0 saturated carbocycles. The highest BCUT2D eigenvalue weighted by molar-refractivity contribution is 7.16. The number of hydrogen-bond acceptors (Lipinski definition) is 6.